The van der Waals surface area contributed by atoms with Gasteiger partial charge in [0.15, 0.2) is 0 Å². The number of rotatable bonds is 2. The van der Waals surface area contributed by atoms with E-state index in [9.17, 15) is 5.11 Å². The lowest BCUT2D eigenvalue weighted by Crippen LogP contribution is -2.41. The molecule has 1 fully saturated rings. The van der Waals surface area contributed by atoms with Crippen molar-refractivity contribution in [3.63, 3.8) is 0 Å². The van der Waals surface area contributed by atoms with Gasteiger partial charge >= 0.3 is 0 Å². The Morgan fingerprint density at radius 3 is 2.60 bits per heavy atom. The summed E-state index contributed by atoms with van der Waals surface area (Å²) in [5, 5.41) is 10.7. The highest BCUT2D eigenvalue weighted by Crippen LogP contribution is 2.48. The summed E-state index contributed by atoms with van der Waals surface area (Å²) in [7, 11) is 0. The van der Waals surface area contributed by atoms with Crippen molar-refractivity contribution >= 4 is 27.3 Å². The average Bonchev–Trinajstić information content (AvgIpc) is 2.59. The molecule has 1 aromatic heterocycles. The Hall–Kier alpha value is 0.140. The molecule has 1 N–H and O–H groups in total. The minimum Gasteiger partial charge on any atom is -0.389 e. The number of aliphatic hydroxyl groups is 1. The van der Waals surface area contributed by atoms with Crippen LogP contribution in [0.25, 0.3) is 0 Å². The van der Waals surface area contributed by atoms with Gasteiger partial charge in [0.2, 0.25) is 0 Å². The van der Waals surface area contributed by atoms with E-state index in [1.807, 2.05) is 0 Å². The molecule has 15 heavy (non-hydrogen) atoms. The summed E-state index contributed by atoms with van der Waals surface area (Å²) in [5.41, 5.74) is -0.444. The van der Waals surface area contributed by atoms with Crippen molar-refractivity contribution in [2.45, 2.75) is 45.1 Å². The Balaban J connectivity index is 2.17. The van der Waals surface area contributed by atoms with Crippen molar-refractivity contribution in [1.29, 1.82) is 0 Å². The second kappa shape index (κ2) is 3.86. The lowest BCUT2D eigenvalue weighted by molar-refractivity contribution is -0.0413. The van der Waals surface area contributed by atoms with Crippen molar-refractivity contribution < 1.29 is 5.11 Å². The average molecular weight is 289 g/mol. The van der Waals surface area contributed by atoms with Gasteiger partial charge in [0, 0.05) is 11.3 Å². The lowest BCUT2D eigenvalue weighted by Gasteiger charge is -2.36. The molecule has 1 aromatic rings. The maximum absolute atomic E-state index is 10.7. The van der Waals surface area contributed by atoms with E-state index in [1.54, 1.807) is 11.3 Å². The van der Waals surface area contributed by atoms with Crippen LogP contribution in [0.3, 0.4) is 0 Å². The highest BCUT2D eigenvalue weighted by molar-refractivity contribution is 9.11. The first-order valence-corrected chi connectivity index (χ1v) is 7.01. The second-order valence-corrected chi connectivity index (χ2v) is 7.70. The lowest BCUT2D eigenvalue weighted by atomic mass is 9.75. The fourth-order valence-electron chi connectivity index (χ4n) is 2.46. The van der Waals surface area contributed by atoms with Gasteiger partial charge in [-0.1, -0.05) is 13.8 Å². The summed E-state index contributed by atoms with van der Waals surface area (Å²) in [6.07, 6.45) is 4.03. The molecule has 0 bridgehead atoms. The first kappa shape index (κ1) is 11.6. The molecule has 1 aliphatic rings. The molecular formula is C12H17BrOS. The zero-order valence-electron chi connectivity index (χ0n) is 9.22. The molecule has 0 aromatic carbocycles. The fraction of sp³-hybridized carbons (Fsp3) is 0.667. The number of thiophene rings is 1. The van der Waals surface area contributed by atoms with Gasteiger partial charge in [-0.15, -0.1) is 11.3 Å². The smallest absolute Gasteiger partial charge is 0.0746 e. The Morgan fingerprint density at radius 2 is 2.13 bits per heavy atom. The zero-order valence-corrected chi connectivity index (χ0v) is 11.6. The van der Waals surface area contributed by atoms with Crippen LogP contribution < -0.4 is 0 Å². The Labute approximate surface area is 104 Å². The summed E-state index contributed by atoms with van der Waals surface area (Å²) in [6, 6.07) is 4.17. The molecule has 84 valence electrons. The van der Waals surface area contributed by atoms with Gasteiger partial charge in [0.1, 0.15) is 0 Å². The monoisotopic (exact) mass is 288 g/mol. The Bertz CT molecular complexity index is 358. The molecule has 0 amide bonds. The van der Waals surface area contributed by atoms with Gasteiger partial charge in [-0.05, 0) is 52.7 Å². The summed E-state index contributed by atoms with van der Waals surface area (Å²) < 4.78 is 1.15. The van der Waals surface area contributed by atoms with Crippen LogP contribution in [0.2, 0.25) is 0 Å². The van der Waals surface area contributed by atoms with E-state index in [-0.39, 0.29) is 5.41 Å². The highest BCUT2D eigenvalue weighted by Gasteiger charge is 2.47. The van der Waals surface area contributed by atoms with Gasteiger partial charge in [-0.2, -0.15) is 0 Å². The molecule has 2 rings (SSSR count). The predicted octanol–water partition coefficient (Wildman–Crippen LogP) is 3.99. The van der Waals surface area contributed by atoms with Crippen LogP contribution in [0, 0.1) is 5.41 Å². The minimum atomic E-state index is -0.503. The number of hydrogen-bond acceptors (Lipinski definition) is 2. The van der Waals surface area contributed by atoms with E-state index in [4.69, 9.17) is 0 Å². The van der Waals surface area contributed by atoms with E-state index in [2.05, 4.69) is 41.9 Å². The summed E-state index contributed by atoms with van der Waals surface area (Å²) >= 11 is 5.20. The summed E-state index contributed by atoms with van der Waals surface area (Å²) in [6.45, 7) is 4.37. The molecule has 1 heterocycles. The maximum atomic E-state index is 10.7. The highest BCUT2D eigenvalue weighted by atomic mass is 79.9. The normalized spacial score (nSPS) is 29.6. The van der Waals surface area contributed by atoms with Crippen LogP contribution in [0.15, 0.2) is 15.9 Å². The summed E-state index contributed by atoms with van der Waals surface area (Å²) in [5.74, 6) is 0. The SMILES string of the molecule is CC1(C)CCCC1(O)Cc1ccc(Br)s1. The van der Waals surface area contributed by atoms with Crippen LogP contribution in [-0.2, 0) is 6.42 Å². The van der Waals surface area contributed by atoms with Gasteiger partial charge in [0.05, 0.1) is 9.39 Å². The Morgan fingerprint density at radius 1 is 1.40 bits per heavy atom. The van der Waals surface area contributed by atoms with Crippen molar-refractivity contribution in [2.75, 3.05) is 0 Å². The molecule has 1 aliphatic carbocycles. The molecule has 3 heteroatoms. The second-order valence-electron chi connectivity index (χ2n) is 5.15. The third-order valence-electron chi connectivity index (χ3n) is 3.75. The molecule has 1 nitrogen and oxygen atoms in total. The fourth-order valence-corrected chi connectivity index (χ4v) is 4.05. The zero-order chi connectivity index (χ0) is 11.1. The number of halogens is 1. The van der Waals surface area contributed by atoms with Crippen molar-refractivity contribution in [3.05, 3.63) is 20.8 Å². The standard InChI is InChI=1S/C12H17BrOS/c1-11(2)6-3-7-12(11,14)8-9-4-5-10(13)15-9/h4-5,14H,3,6-8H2,1-2H3. The molecule has 0 spiro atoms. The van der Waals surface area contributed by atoms with E-state index in [0.717, 1.165) is 29.5 Å². The van der Waals surface area contributed by atoms with Gasteiger partial charge in [-0.25, -0.2) is 0 Å². The maximum Gasteiger partial charge on any atom is 0.0746 e. The van der Waals surface area contributed by atoms with E-state index >= 15 is 0 Å². The third-order valence-corrected chi connectivity index (χ3v) is 5.37. The van der Waals surface area contributed by atoms with Crippen molar-refractivity contribution in [1.82, 2.24) is 0 Å². The molecule has 1 unspecified atom stereocenters. The van der Waals surface area contributed by atoms with E-state index in [0.29, 0.717) is 0 Å². The van der Waals surface area contributed by atoms with Crippen LogP contribution in [0.5, 0.6) is 0 Å². The van der Waals surface area contributed by atoms with Gasteiger partial charge in [0.25, 0.3) is 0 Å². The molecule has 0 aliphatic heterocycles. The number of hydrogen-bond donors (Lipinski definition) is 1. The largest absolute Gasteiger partial charge is 0.389 e. The van der Waals surface area contributed by atoms with Crippen LogP contribution in [0.4, 0.5) is 0 Å². The van der Waals surface area contributed by atoms with E-state index < -0.39 is 5.60 Å². The van der Waals surface area contributed by atoms with Gasteiger partial charge < -0.3 is 5.11 Å². The summed E-state index contributed by atoms with van der Waals surface area (Å²) in [4.78, 5) is 1.28. The van der Waals surface area contributed by atoms with Crippen molar-refractivity contribution in [3.8, 4) is 0 Å². The quantitative estimate of drug-likeness (QED) is 0.872. The molecule has 1 saturated carbocycles. The van der Waals surface area contributed by atoms with Crippen LogP contribution in [0.1, 0.15) is 38.0 Å². The minimum absolute atomic E-state index is 0.0590. The molecule has 1 atom stereocenters. The molecule has 0 saturated heterocycles. The predicted molar refractivity (Wildman–Crippen MR) is 68.3 cm³/mol. The van der Waals surface area contributed by atoms with Crippen molar-refractivity contribution in [2.24, 2.45) is 5.41 Å². The Kier molecular flexibility index (Phi) is 2.99. The van der Waals surface area contributed by atoms with Crippen LogP contribution >= 0.6 is 27.3 Å². The van der Waals surface area contributed by atoms with E-state index in [1.165, 1.54) is 4.88 Å². The third kappa shape index (κ3) is 2.15. The van der Waals surface area contributed by atoms with Gasteiger partial charge in [-0.3, -0.25) is 0 Å². The topological polar surface area (TPSA) is 20.2 Å². The molecular weight excluding hydrogens is 272 g/mol. The first-order valence-electron chi connectivity index (χ1n) is 5.40. The molecule has 0 radical (unpaired) electrons. The first-order chi connectivity index (χ1) is 6.93. The van der Waals surface area contributed by atoms with Crippen LogP contribution in [-0.4, -0.2) is 10.7 Å².